The molecule has 2 saturated heterocycles. The zero-order valence-corrected chi connectivity index (χ0v) is 15.9. The summed E-state index contributed by atoms with van der Waals surface area (Å²) in [6.45, 7) is 3.32. The number of unbranched alkanes of at least 4 members (excludes halogenated alkanes) is 1. The maximum absolute atomic E-state index is 12.2. The van der Waals surface area contributed by atoms with E-state index < -0.39 is 0 Å². The highest BCUT2D eigenvalue weighted by molar-refractivity contribution is 5.77. The number of carbonyl (C=O) groups excluding carboxylic acids is 2. The van der Waals surface area contributed by atoms with E-state index in [1.165, 1.54) is 0 Å². The number of pyridine rings is 1. The Morgan fingerprint density at radius 2 is 2.07 bits per heavy atom. The van der Waals surface area contributed by atoms with Crippen LogP contribution in [0.3, 0.4) is 0 Å². The quantitative estimate of drug-likeness (QED) is 0.539. The lowest BCUT2D eigenvalue weighted by molar-refractivity contribution is -0.164. The number of ether oxygens (including phenoxy) is 2. The summed E-state index contributed by atoms with van der Waals surface area (Å²) in [6.07, 6.45) is 8.90. The fourth-order valence-electron chi connectivity index (χ4n) is 3.88. The number of rotatable bonds is 7. The molecule has 0 aliphatic carbocycles. The van der Waals surface area contributed by atoms with Crippen LogP contribution in [0.4, 0.5) is 4.79 Å². The Morgan fingerprint density at radius 1 is 1.21 bits per heavy atom. The molecule has 0 spiro atoms. The van der Waals surface area contributed by atoms with Gasteiger partial charge in [0.15, 0.2) is 6.10 Å². The van der Waals surface area contributed by atoms with Crippen molar-refractivity contribution >= 4 is 12.1 Å². The molecule has 4 heterocycles. The van der Waals surface area contributed by atoms with Crippen molar-refractivity contribution in [3.63, 3.8) is 0 Å². The molecule has 0 bridgehead atoms. The van der Waals surface area contributed by atoms with Crippen LogP contribution in [0.25, 0.3) is 11.3 Å². The number of hydrogen-bond acceptors (Lipinski definition) is 6. The zero-order valence-electron chi connectivity index (χ0n) is 15.9. The second-order valence-electron chi connectivity index (χ2n) is 7.20. The zero-order chi connectivity index (χ0) is 19.5. The minimum absolute atomic E-state index is 0.205. The van der Waals surface area contributed by atoms with E-state index in [0.717, 1.165) is 30.6 Å². The lowest BCUT2D eigenvalue weighted by Gasteiger charge is -2.32. The summed E-state index contributed by atoms with van der Waals surface area (Å²) in [6, 6.07) is 3.67. The number of aromatic nitrogens is 3. The summed E-state index contributed by atoms with van der Waals surface area (Å²) in [5.41, 5.74) is 1.88. The maximum atomic E-state index is 12.2. The summed E-state index contributed by atoms with van der Waals surface area (Å²) < 4.78 is 12.8. The van der Waals surface area contributed by atoms with Crippen LogP contribution in [0.15, 0.2) is 37.1 Å². The van der Waals surface area contributed by atoms with Crippen molar-refractivity contribution < 1.29 is 19.1 Å². The van der Waals surface area contributed by atoms with Crippen LogP contribution in [0, 0.1) is 0 Å². The van der Waals surface area contributed by atoms with E-state index in [0.29, 0.717) is 13.0 Å². The first kappa shape index (κ1) is 18.5. The molecule has 0 unspecified atom stereocenters. The minimum atomic E-state index is -0.342. The smallest absolute Gasteiger partial charge is 0.410 e. The van der Waals surface area contributed by atoms with Gasteiger partial charge in [0.1, 0.15) is 6.10 Å². The molecule has 2 aromatic rings. The summed E-state index contributed by atoms with van der Waals surface area (Å²) in [5.74, 6) is -0.252. The molecule has 28 heavy (non-hydrogen) atoms. The van der Waals surface area contributed by atoms with Gasteiger partial charge in [-0.25, -0.2) is 9.78 Å². The highest BCUT2D eigenvalue weighted by atomic mass is 16.6. The minimum Gasteiger partial charge on any atom is -0.458 e. The SMILES string of the molecule is CC[C@H]1OC(=O)C[C@H]2[C@@H]1OC(=O)N2CCCCn1cnc(-c2cccnc2)c1. The van der Waals surface area contributed by atoms with E-state index in [1.807, 2.05) is 36.1 Å². The monoisotopic (exact) mass is 384 g/mol. The second-order valence-corrected chi connectivity index (χ2v) is 7.20. The molecule has 8 heteroatoms. The fraction of sp³-hybridized carbons (Fsp3) is 0.500. The van der Waals surface area contributed by atoms with Crippen LogP contribution in [0.2, 0.25) is 0 Å². The molecule has 0 aromatic carbocycles. The Hall–Kier alpha value is -2.90. The van der Waals surface area contributed by atoms with E-state index in [1.54, 1.807) is 17.3 Å². The summed E-state index contributed by atoms with van der Waals surface area (Å²) in [5, 5.41) is 0. The summed E-state index contributed by atoms with van der Waals surface area (Å²) in [4.78, 5) is 34.3. The Morgan fingerprint density at radius 3 is 2.86 bits per heavy atom. The van der Waals surface area contributed by atoms with Gasteiger partial charge in [-0.2, -0.15) is 0 Å². The molecule has 2 aliphatic heterocycles. The summed E-state index contributed by atoms with van der Waals surface area (Å²) >= 11 is 0. The normalized spacial score (nSPS) is 24.0. The van der Waals surface area contributed by atoms with Crippen molar-refractivity contribution in [2.45, 2.75) is 57.4 Å². The number of fused-ring (bicyclic) bond motifs is 1. The van der Waals surface area contributed by atoms with Gasteiger partial charge in [-0.1, -0.05) is 6.92 Å². The number of amides is 1. The van der Waals surface area contributed by atoms with Gasteiger partial charge in [-0.05, 0) is 31.4 Å². The van der Waals surface area contributed by atoms with Gasteiger partial charge in [-0.15, -0.1) is 0 Å². The second kappa shape index (κ2) is 8.00. The van der Waals surface area contributed by atoms with Crippen molar-refractivity contribution in [1.82, 2.24) is 19.4 Å². The molecule has 148 valence electrons. The third kappa shape index (κ3) is 3.72. The predicted molar refractivity (Wildman–Crippen MR) is 100 cm³/mol. The van der Waals surface area contributed by atoms with E-state index >= 15 is 0 Å². The van der Waals surface area contributed by atoms with Crippen molar-refractivity contribution in [2.24, 2.45) is 0 Å². The molecule has 2 fully saturated rings. The molecule has 0 radical (unpaired) electrons. The predicted octanol–water partition coefficient (Wildman–Crippen LogP) is 2.64. The van der Waals surface area contributed by atoms with Crippen molar-refractivity contribution in [3.8, 4) is 11.3 Å². The van der Waals surface area contributed by atoms with E-state index in [4.69, 9.17) is 9.47 Å². The van der Waals surface area contributed by atoms with Gasteiger partial charge in [0, 0.05) is 37.2 Å². The first-order chi connectivity index (χ1) is 13.7. The van der Waals surface area contributed by atoms with Crippen molar-refractivity contribution in [1.29, 1.82) is 0 Å². The van der Waals surface area contributed by atoms with Gasteiger partial charge in [0.05, 0.1) is 24.5 Å². The maximum Gasteiger partial charge on any atom is 0.410 e. The molecule has 0 saturated carbocycles. The Kier molecular flexibility index (Phi) is 5.27. The third-order valence-electron chi connectivity index (χ3n) is 5.33. The molecule has 1 amide bonds. The first-order valence-corrected chi connectivity index (χ1v) is 9.74. The van der Waals surface area contributed by atoms with Gasteiger partial charge in [-0.3, -0.25) is 9.78 Å². The molecular weight excluding hydrogens is 360 g/mol. The van der Waals surface area contributed by atoms with E-state index in [2.05, 4.69) is 9.97 Å². The number of nitrogens with zero attached hydrogens (tertiary/aromatic N) is 4. The molecule has 4 rings (SSSR count). The Bertz CT molecular complexity index is 838. The van der Waals surface area contributed by atoms with E-state index in [-0.39, 0.29) is 36.7 Å². The van der Waals surface area contributed by atoms with Crippen molar-refractivity contribution in [2.75, 3.05) is 6.54 Å². The van der Waals surface area contributed by atoms with Gasteiger partial charge in [0.25, 0.3) is 0 Å². The molecule has 8 nitrogen and oxygen atoms in total. The lowest BCUT2D eigenvalue weighted by Crippen LogP contribution is -2.49. The Balaban J connectivity index is 1.29. The average Bonchev–Trinajstić information content (AvgIpc) is 3.30. The highest BCUT2D eigenvalue weighted by Gasteiger charge is 2.50. The van der Waals surface area contributed by atoms with Gasteiger partial charge in [0.2, 0.25) is 0 Å². The Labute approximate surface area is 163 Å². The molecule has 2 aliphatic rings. The average molecular weight is 384 g/mol. The topological polar surface area (TPSA) is 86.5 Å². The largest absolute Gasteiger partial charge is 0.458 e. The molecular formula is C20H24N4O4. The third-order valence-corrected chi connectivity index (χ3v) is 5.33. The van der Waals surface area contributed by atoms with Crippen LogP contribution >= 0.6 is 0 Å². The number of imidazole rings is 1. The van der Waals surface area contributed by atoms with E-state index in [9.17, 15) is 9.59 Å². The standard InChI is InChI=1S/C20H24N4O4/c1-2-17-19-16(10-18(25)27-17)24(20(26)28-19)9-4-3-8-23-12-15(22-13-23)14-6-5-7-21-11-14/h5-7,11-13,16-17,19H,2-4,8-10H2,1H3/t16-,17+,19-/m0/s1. The van der Waals surface area contributed by atoms with Gasteiger partial charge >= 0.3 is 12.1 Å². The lowest BCUT2D eigenvalue weighted by atomic mass is 9.97. The first-order valence-electron chi connectivity index (χ1n) is 9.74. The van der Waals surface area contributed by atoms with Gasteiger partial charge < -0.3 is 18.9 Å². The van der Waals surface area contributed by atoms with Crippen LogP contribution in [0.5, 0.6) is 0 Å². The van der Waals surface area contributed by atoms with Crippen molar-refractivity contribution in [3.05, 3.63) is 37.1 Å². The number of aryl methyl sites for hydroxylation is 1. The molecule has 0 N–H and O–H groups in total. The number of esters is 1. The van der Waals surface area contributed by atoms with Crippen LogP contribution in [-0.4, -0.2) is 56.3 Å². The molecule has 2 aromatic heterocycles. The molecule has 3 atom stereocenters. The fourth-order valence-corrected chi connectivity index (χ4v) is 3.88. The van der Waals surface area contributed by atoms with Crippen LogP contribution in [-0.2, 0) is 20.8 Å². The summed E-state index contributed by atoms with van der Waals surface area (Å²) in [7, 11) is 0. The number of carbonyl (C=O) groups is 2. The number of hydrogen-bond donors (Lipinski definition) is 0. The van der Waals surface area contributed by atoms with Crippen LogP contribution in [0.1, 0.15) is 32.6 Å². The van der Waals surface area contributed by atoms with Crippen LogP contribution < -0.4 is 0 Å². The highest BCUT2D eigenvalue weighted by Crippen LogP contribution is 2.31. The number of cyclic esters (lactones) is 1.